The highest BCUT2D eigenvalue weighted by atomic mass is 28.4. The van der Waals surface area contributed by atoms with E-state index >= 15 is 0 Å². The van der Waals surface area contributed by atoms with Gasteiger partial charge in [-0.3, -0.25) is 4.79 Å². The third-order valence-corrected chi connectivity index (χ3v) is 10.5. The normalized spacial score (nSPS) is 28.7. The monoisotopic (exact) mass is 339 g/mol. The Kier molecular flexibility index (Phi) is 6.31. The molecule has 1 rings (SSSR count). The molecule has 3 nitrogen and oxygen atoms in total. The van der Waals surface area contributed by atoms with Crippen molar-refractivity contribution in [1.29, 1.82) is 0 Å². The van der Waals surface area contributed by atoms with Gasteiger partial charge in [-0.15, -0.1) is 0 Å². The molecule has 1 aliphatic carbocycles. The first kappa shape index (κ1) is 20.4. The van der Waals surface area contributed by atoms with Crippen LogP contribution in [0.25, 0.3) is 0 Å². The van der Waals surface area contributed by atoms with Gasteiger partial charge in [-0.2, -0.15) is 0 Å². The van der Waals surface area contributed by atoms with Gasteiger partial charge in [-0.1, -0.05) is 46.8 Å². The molecule has 0 bridgehead atoms. The van der Waals surface area contributed by atoms with Crippen LogP contribution in [0.5, 0.6) is 0 Å². The fourth-order valence-corrected chi connectivity index (χ4v) is 4.06. The second-order valence-electron chi connectivity index (χ2n) is 9.26. The Hall–Kier alpha value is -0.613. The van der Waals surface area contributed by atoms with Crippen molar-refractivity contribution >= 4 is 14.2 Å². The molecule has 0 spiro atoms. The zero-order valence-corrected chi connectivity index (χ0v) is 17.7. The molecule has 4 heteroatoms. The van der Waals surface area contributed by atoms with Crippen molar-refractivity contribution < 1.29 is 9.22 Å². The molecule has 0 fully saturated rings. The number of hydrogen-bond donors (Lipinski definition) is 0. The lowest BCUT2D eigenvalue weighted by Crippen LogP contribution is -2.46. The maximum Gasteiger partial charge on any atom is 0.222 e. The molecule has 1 aliphatic rings. The Bertz CT molecular complexity index is 451. The van der Waals surface area contributed by atoms with Crippen LogP contribution in [-0.2, 0) is 9.22 Å². The van der Waals surface area contributed by atoms with E-state index in [1.807, 2.05) is 14.1 Å². The molecular formula is C19H37NO2Si. The summed E-state index contributed by atoms with van der Waals surface area (Å²) in [6.45, 7) is 16.7. The van der Waals surface area contributed by atoms with Gasteiger partial charge in [-0.05, 0) is 41.8 Å². The van der Waals surface area contributed by atoms with Crippen molar-refractivity contribution in [2.75, 3.05) is 20.7 Å². The topological polar surface area (TPSA) is 29.5 Å². The van der Waals surface area contributed by atoms with E-state index in [9.17, 15) is 4.79 Å². The van der Waals surface area contributed by atoms with Gasteiger partial charge in [0.25, 0.3) is 0 Å². The minimum absolute atomic E-state index is 0.110. The summed E-state index contributed by atoms with van der Waals surface area (Å²) in [5.41, 5.74) is -0.110. The first-order valence-electron chi connectivity index (χ1n) is 8.82. The molecule has 3 atom stereocenters. The van der Waals surface area contributed by atoms with Crippen LogP contribution in [0.4, 0.5) is 0 Å². The second kappa shape index (κ2) is 7.10. The number of rotatable bonds is 5. The van der Waals surface area contributed by atoms with Crippen molar-refractivity contribution in [3.63, 3.8) is 0 Å². The first-order chi connectivity index (χ1) is 10.3. The smallest absolute Gasteiger partial charge is 0.222 e. The maximum absolute atomic E-state index is 12.3. The molecule has 0 aromatic rings. The molecule has 0 saturated heterocycles. The lowest BCUT2D eigenvalue weighted by atomic mass is 9.65. The Balaban J connectivity index is 2.91. The molecule has 0 radical (unpaired) electrons. The van der Waals surface area contributed by atoms with E-state index < -0.39 is 8.32 Å². The van der Waals surface area contributed by atoms with Crippen LogP contribution < -0.4 is 0 Å². The summed E-state index contributed by atoms with van der Waals surface area (Å²) < 4.78 is 6.52. The molecule has 0 aromatic carbocycles. The summed E-state index contributed by atoms with van der Waals surface area (Å²) in [6, 6.07) is 0. The molecule has 23 heavy (non-hydrogen) atoms. The van der Waals surface area contributed by atoms with E-state index in [-0.39, 0.29) is 16.4 Å². The highest BCUT2D eigenvalue weighted by Crippen LogP contribution is 2.45. The maximum atomic E-state index is 12.3. The van der Waals surface area contributed by atoms with Crippen LogP contribution in [0.3, 0.4) is 0 Å². The molecule has 0 heterocycles. The van der Waals surface area contributed by atoms with Gasteiger partial charge in [-0.25, -0.2) is 0 Å². The van der Waals surface area contributed by atoms with E-state index in [2.05, 4.69) is 59.9 Å². The second-order valence-corrected chi connectivity index (χ2v) is 14.1. The van der Waals surface area contributed by atoms with Crippen molar-refractivity contribution in [1.82, 2.24) is 4.90 Å². The molecular weight excluding hydrogens is 302 g/mol. The van der Waals surface area contributed by atoms with Crippen molar-refractivity contribution in [2.45, 2.75) is 65.6 Å². The van der Waals surface area contributed by atoms with Gasteiger partial charge in [0.15, 0.2) is 8.32 Å². The summed E-state index contributed by atoms with van der Waals surface area (Å²) >= 11 is 0. The molecule has 0 aliphatic heterocycles. The lowest BCUT2D eigenvalue weighted by Gasteiger charge is -2.45. The predicted molar refractivity (Wildman–Crippen MR) is 101 cm³/mol. The third-order valence-electron chi connectivity index (χ3n) is 6.00. The first-order valence-corrected chi connectivity index (χ1v) is 11.7. The number of carbonyl (C=O) groups is 1. The summed E-state index contributed by atoms with van der Waals surface area (Å²) in [5.74, 6) is 1.14. The molecule has 1 amide bonds. The van der Waals surface area contributed by atoms with Gasteiger partial charge in [0.1, 0.15) is 0 Å². The van der Waals surface area contributed by atoms with E-state index in [4.69, 9.17) is 4.43 Å². The summed E-state index contributed by atoms with van der Waals surface area (Å²) in [4.78, 5) is 14.0. The molecule has 0 saturated carbocycles. The Morgan fingerprint density at radius 3 is 2.39 bits per heavy atom. The number of hydrogen-bond acceptors (Lipinski definition) is 2. The third kappa shape index (κ3) is 4.93. The van der Waals surface area contributed by atoms with Gasteiger partial charge < -0.3 is 9.33 Å². The number of carbonyl (C=O) groups excluding carboxylic acids is 1. The van der Waals surface area contributed by atoms with Crippen LogP contribution in [0.2, 0.25) is 18.1 Å². The number of nitrogens with zero attached hydrogens (tertiary/aromatic N) is 1. The molecule has 134 valence electrons. The molecule has 0 N–H and O–H groups in total. The number of amides is 1. The van der Waals surface area contributed by atoms with Gasteiger partial charge in [0, 0.05) is 27.1 Å². The van der Waals surface area contributed by atoms with Gasteiger partial charge >= 0.3 is 0 Å². The lowest BCUT2D eigenvalue weighted by molar-refractivity contribution is -0.131. The fourth-order valence-electron chi connectivity index (χ4n) is 3.03. The predicted octanol–water partition coefficient (Wildman–Crippen LogP) is 4.71. The van der Waals surface area contributed by atoms with Crippen molar-refractivity contribution in [3.8, 4) is 0 Å². The van der Waals surface area contributed by atoms with Gasteiger partial charge in [0.05, 0.1) is 0 Å². The summed E-state index contributed by atoms with van der Waals surface area (Å²) in [7, 11) is 1.91. The number of allylic oxidation sites excluding steroid dienone is 2. The average Bonchev–Trinajstić information content (AvgIpc) is 2.36. The standard InChI is InChI=1S/C19H37NO2Si/c1-15-11-10-12-19(5,13-17(21)20(6)7)16(15)14-22-23(8,9)18(2,3)4/h10,12,15-16H,11,13-14H2,1-9H3/t15-,16+,19-/m1/s1. The quantitative estimate of drug-likeness (QED) is 0.536. The van der Waals surface area contributed by atoms with Crippen LogP contribution in [0.1, 0.15) is 47.5 Å². The van der Waals surface area contributed by atoms with Crippen LogP contribution in [0.15, 0.2) is 12.2 Å². The van der Waals surface area contributed by atoms with E-state index in [1.165, 1.54) is 0 Å². The minimum Gasteiger partial charge on any atom is -0.417 e. The summed E-state index contributed by atoms with van der Waals surface area (Å²) in [6.07, 6.45) is 6.15. The largest absolute Gasteiger partial charge is 0.417 e. The fraction of sp³-hybridized carbons (Fsp3) is 0.842. The van der Waals surface area contributed by atoms with Crippen molar-refractivity contribution in [3.05, 3.63) is 12.2 Å². The Morgan fingerprint density at radius 2 is 1.91 bits per heavy atom. The van der Waals surface area contributed by atoms with Crippen LogP contribution >= 0.6 is 0 Å². The zero-order chi connectivity index (χ0) is 18.1. The highest BCUT2D eigenvalue weighted by Gasteiger charge is 2.43. The molecule has 0 unspecified atom stereocenters. The SMILES string of the molecule is C[C@@H]1CC=C[C@](C)(CC(=O)N(C)C)[C@H]1CO[Si](C)(C)C(C)(C)C. The van der Waals surface area contributed by atoms with E-state index in [0.29, 0.717) is 18.3 Å². The van der Waals surface area contributed by atoms with Crippen molar-refractivity contribution in [2.24, 2.45) is 17.3 Å². The Labute approximate surface area is 144 Å². The van der Waals surface area contributed by atoms with E-state index in [0.717, 1.165) is 13.0 Å². The average molecular weight is 340 g/mol. The Morgan fingerprint density at radius 1 is 1.35 bits per heavy atom. The molecule has 0 aromatic heterocycles. The summed E-state index contributed by atoms with van der Waals surface area (Å²) in [5, 5.41) is 0.219. The van der Waals surface area contributed by atoms with E-state index in [1.54, 1.807) is 4.90 Å². The van der Waals surface area contributed by atoms with Gasteiger partial charge in [0.2, 0.25) is 5.91 Å². The van der Waals surface area contributed by atoms with Crippen LogP contribution in [0, 0.1) is 17.3 Å². The minimum atomic E-state index is -1.76. The zero-order valence-electron chi connectivity index (χ0n) is 16.7. The highest BCUT2D eigenvalue weighted by molar-refractivity contribution is 6.74. The van der Waals surface area contributed by atoms with Crippen LogP contribution in [-0.4, -0.2) is 39.8 Å².